The van der Waals surface area contributed by atoms with Gasteiger partial charge >= 0.3 is 0 Å². The van der Waals surface area contributed by atoms with Gasteiger partial charge in [-0.25, -0.2) is 0 Å². The zero-order chi connectivity index (χ0) is 10.9. The third-order valence-corrected chi connectivity index (χ3v) is 3.04. The zero-order valence-corrected chi connectivity index (χ0v) is 11.1. The van der Waals surface area contributed by atoms with Crippen LogP contribution in [0.3, 0.4) is 0 Å². The third-order valence-electron chi connectivity index (χ3n) is 3.04. The normalized spacial score (nSPS) is 19.2. The Labute approximate surface area is 105 Å². The summed E-state index contributed by atoms with van der Waals surface area (Å²) in [6.07, 6.45) is 6.49. The molecule has 0 bridgehead atoms. The first-order chi connectivity index (χ1) is 7.33. The highest BCUT2D eigenvalue weighted by Crippen LogP contribution is 2.10. The lowest BCUT2D eigenvalue weighted by Gasteiger charge is -2.09. The van der Waals surface area contributed by atoms with Gasteiger partial charge in [0.1, 0.15) is 0 Å². The van der Waals surface area contributed by atoms with E-state index in [1.165, 1.54) is 19.3 Å². The molecule has 1 aliphatic rings. The molecule has 4 heteroatoms. The van der Waals surface area contributed by atoms with Gasteiger partial charge in [-0.1, -0.05) is 19.8 Å². The van der Waals surface area contributed by atoms with Gasteiger partial charge in [-0.15, -0.1) is 12.4 Å². The molecule has 1 fully saturated rings. The molecule has 0 aliphatic carbocycles. The van der Waals surface area contributed by atoms with Crippen molar-refractivity contribution >= 4 is 18.3 Å². The fourth-order valence-corrected chi connectivity index (χ4v) is 2.00. The van der Waals surface area contributed by atoms with Crippen molar-refractivity contribution in [3.05, 3.63) is 0 Å². The molecule has 1 atom stereocenters. The average Bonchev–Trinajstić information content (AvgIpc) is 2.71. The van der Waals surface area contributed by atoms with Crippen molar-refractivity contribution in [3.8, 4) is 0 Å². The first-order valence-corrected chi connectivity index (χ1v) is 6.30. The van der Waals surface area contributed by atoms with Crippen LogP contribution in [-0.2, 0) is 4.79 Å². The maximum Gasteiger partial charge on any atom is 0.219 e. The molecule has 96 valence electrons. The first-order valence-electron chi connectivity index (χ1n) is 6.30. The van der Waals surface area contributed by atoms with Gasteiger partial charge in [0.15, 0.2) is 0 Å². The average molecular weight is 249 g/mol. The third kappa shape index (κ3) is 7.07. The predicted molar refractivity (Wildman–Crippen MR) is 70.0 cm³/mol. The van der Waals surface area contributed by atoms with Crippen LogP contribution in [0.2, 0.25) is 0 Å². The van der Waals surface area contributed by atoms with Gasteiger partial charge in [0.2, 0.25) is 5.91 Å². The number of carbonyl (C=O) groups excluding carboxylic acids is 1. The Kier molecular flexibility index (Phi) is 9.74. The van der Waals surface area contributed by atoms with E-state index in [0.29, 0.717) is 6.42 Å². The molecular weight excluding hydrogens is 224 g/mol. The van der Waals surface area contributed by atoms with E-state index in [-0.39, 0.29) is 18.3 Å². The van der Waals surface area contributed by atoms with E-state index in [9.17, 15) is 4.79 Å². The van der Waals surface area contributed by atoms with Crippen molar-refractivity contribution < 1.29 is 4.79 Å². The molecule has 1 saturated heterocycles. The molecule has 0 aromatic rings. The van der Waals surface area contributed by atoms with Crippen molar-refractivity contribution in [3.63, 3.8) is 0 Å². The monoisotopic (exact) mass is 248 g/mol. The van der Waals surface area contributed by atoms with Crippen molar-refractivity contribution in [2.45, 2.75) is 45.4 Å². The topological polar surface area (TPSA) is 41.1 Å². The largest absolute Gasteiger partial charge is 0.356 e. The standard InChI is InChI=1S/C12H24N2O.ClH/c1-2-3-4-5-12(15)14-9-7-11-6-8-13-10-11;/h11,13H,2-10H2,1H3,(H,14,15);1H. The fourth-order valence-electron chi connectivity index (χ4n) is 2.00. The first kappa shape index (κ1) is 15.7. The van der Waals surface area contributed by atoms with Gasteiger partial charge in [-0.3, -0.25) is 4.79 Å². The Hall–Kier alpha value is -0.280. The van der Waals surface area contributed by atoms with Crippen LogP contribution >= 0.6 is 12.4 Å². The summed E-state index contributed by atoms with van der Waals surface area (Å²) in [4.78, 5) is 11.4. The van der Waals surface area contributed by atoms with Crippen molar-refractivity contribution in [2.75, 3.05) is 19.6 Å². The SMILES string of the molecule is CCCCCC(=O)NCCC1CCNC1.Cl. The number of rotatable bonds is 7. The molecule has 1 aliphatic heterocycles. The molecule has 1 amide bonds. The van der Waals surface area contributed by atoms with Gasteiger partial charge < -0.3 is 10.6 Å². The highest BCUT2D eigenvalue weighted by atomic mass is 35.5. The summed E-state index contributed by atoms with van der Waals surface area (Å²) in [5.74, 6) is 1.01. The molecule has 16 heavy (non-hydrogen) atoms. The Morgan fingerprint density at radius 2 is 2.25 bits per heavy atom. The Morgan fingerprint density at radius 3 is 2.88 bits per heavy atom. The Morgan fingerprint density at radius 1 is 1.44 bits per heavy atom. The molecule has 3 nitrogen and oxygen atoms in total. The molecule has 2 N–H and O–H groups in total. The smallest absolute Gasteiger partial charge is 0.219 e. The molecule has 0 spiro atoms. The summed E-state index contributed by atoms with van der Waals surface area (Å²) < 4.78 is 0. The molecule has 0 aromatic carbocycles. The summed E-state index contributed by atoms with van der Waals surface area (Å²) in [7, 11) is 0. The zero-order valence-electron chi connectivity index (χ0n) is 10.3. The van der Waals surface area contributed by atoms with Crippen LogP contribution in [0, 0.1) is 5.92 Å². The summed E-state index contributed by atoms with van der Waals surface area (Å²) in [6, 6.07) is 0. The van der Waals surface area contributed by atoms with E-state index in [2.05, 4.69) is 17.6 Å². The highest BCUT2D eigenvalue weighted by Gasteiger charge is 2.13. The number of unbranched alkanes of at least 4 members (excludes halogenated alkanes) is 2. The Balaban J connectivity index is 0.00000225. The minimum absolute atomic E-state index is 0. The quantitative estimate of drug-likeness (QED) is 0.678. The molecule has 0 radical (unpaired) electrons. The van der Waals surface area contributed by atoms with Crippen LogP contribution in [0.15, 0.2) is 0 Å². The van der Waals surface area contributed by atoms with Gasteiger partial charge in [-0.05, 0) is 38.3 Å². The lowest BCUT2D eigenvalue weighted by molar-refractivity contribution is -0.121. The lowest BCUT2D eigenvalue weighted by Crippen LogP contribution is -2.26. The second kappa shape index (κ2) is 9.91. The van der Waals surface area contributed by atoms with Crippen molar-refractivity contribution in [2.24, 2.45) is 5.92 Å². The van der Waals surface area contributed by atoms with Crippen molar-refractivity contribution in [1.82, 2.24) is 10.6 Å². The minimum atomic E-state index is 0. The number of carbonyl (C=O) groups is 1. The van der Waals surface area contributed by atoms with Crippen LogP contribution < -0.4 is 10.6 Å². The van der Waals surface area contributed by atoms with E-state index >= 15 is 0 Å². The molecule has 1 rings (SSSR count). The Bertz CT molecular complexity index is 182. The fraction of sp³-hybridized carbons (Fsp3) is 0.917. The summed E-state index contributed by atoms with van der Waals surface area (Å²) in [6.45, 7) is 5.29. The maximum absolute atomic E-state index is 11.4. The molecule has 0 aromatic heterocycles. The second-order valence-electron chi connectivity index (χ2n) is 4.45. The van der Waals surface area contributed by atoms with Gasteiger partial charge in [0.05, 0.1) is 0 Å². The molecule has 1 heterocycles. The van der Waals surface area contributed by atoms with E-state index in [0.717, 1.165) is 38.4 Å². The van der Waals surface area contributed by atoms with Gasteiger partial charge in [0, 0.05) is 13.0 Å². The molecular formula is C12H25ClN2O. The summed E-state index contributed by atoms with van der Waals surface area (Å²) in [5.41, 5.74) is 0. The minimum Gasteiger partial charge on any atom is -0.356 e. The van der Waals surface area contributed by atoms with Gasteiger partial charge in [0.25, 0.3) is 0 Å². The maximum atomic E-state index is 11.4. The molecule has 0 saturated carbocycles. The number of amides is 1. The van der Waals surface area contributed by atoms with E-state index < -0.39 is 0 Å². The van der Waals surface area contributed by atoms with Crippen LogP contribution in [0.5, 0.6) is 0 Å². The summed E-state index contributed by atoms with van der Waals surface area (Å²) in [5, 5.41) is 6.34. The molecule has 1 unspecified atom stereocenters. The number of hydrogen-bond acceptors (Lipinski definition) is 2. The predicted octanol–water partition coefficient (Wildman–Crippen LogP) is 2.10. The highest BCUT2D eigenvalue weighted by molar-refractivity contribution is 5.85. The van der Waals surface area contributed by atoms with Crippen LogP contribution in [0.1, 0.15) is 45.4 Å². The van der Waals surface area contributed by atoms with Crippen LogP contribution in [0.4, 0.5) is 0 Å². The van der Waals surface area contributed by atoms with Crippen LogP contribution in [-0.4, -0.2) is 25.5 Å². The lowest BCUT2D eigenvalue weighted by atomic mass is 10.1. The van der Waals surface area contributed by atoms with E-state index in [1.54, 1.807) is 0 Å². The van der Waals surface area contributed by atoms with Crippen molar-refractivity contribution in [1.29, 1.82) is 0 Å². The summed E-state index contributed by atoms with van der Waals surface area (Å²) >= 11 is 0. The van der Waals surface area contributed by atoms with Crippen LogP contribution in [0.25, 0.3) is 0 Å². The van der Waals surface area contributed by atoms with E-state index in [4.69, 9.17) is 0 Å². The van der Waals surface area contributed by atoms with E-state index in [1.807, 2.05) is 0 Å². The van der Waals surface area contributed by atoms with Gasteiger partial charge in [-0.2, -0.15) is 0 Å². The number of halogens is 1. The number of nitrogens with one attached hydrogen (secondary N) is 2. The number of hydrogen-bond donors (Lipinski definition) is 2. The second-order valence-corrected chi connectivity index (χ2v) is 4.45.